The Bertz CT molecular complexity index is 355. The van der Waals surface area contributed by atoms with Crippen molar-refractivity contribution in [1.29, 1.82) is 0 Å². The van der Waals surface area contributed by atoms with E-state index in [1.807, 2.05) is 6.07 Å². The molecule has 88 valence electrons. The van der Waals surface area contributed by atoms with Gasteiger partial charge in [-0.1, -0.05) is 12.1 Å². The molecule has 5 nitrogen and oxygen atoms in total. The predicted molar refractivity (Wildman–Crippen MR) is 61.6 cm³/mol. The number of nitrogens with one attached hydrogen (secondary N) is 1. The number of amides is 1. The highest BCUT2D eigenvalue weighted by Gasteiger charge is 2.05. The van der Waals surface area contributed by atoms with Gasteiger partial charge in [0.05, 0.1) is 6.61 Å². The summed E-state index contributed by atoms with van der Waals surface area (Å²) in [5.41, 5.74) is 7.34. The van der Waals surface area contributed by atoms with Crippen molar-refractivity contribution in [3.05, 3.63) is 29.8 Å². The summed E-state index contributed by atoms with van der Waals surface area (Å²) in [6, 6.07) is 7.08. The molecule has 1 unspecified atom stereocenters. The van der Waals surface area contributed by atoms with Gasteiger partial charge in [-0.25, -0.2) is 4.79 Å². The standard InChI is InChI=1S/C11H16N2O3/c1-16-7-9(12)5-8-3-2-4-10(6-8)13-11(14)15/h2-4,6,9,13H,5,7,12H2,1H3,(H,14,15). The minimum Gasteiger partial charge on any atom is -0.465 e. The van der Waals surface area contributed by atoms with E-state index in [0.29, 0.717) is 18.7 Å². The van der Waals surface area contributed by atoms with Gasteiger partial charge in [-0.2, -0.15) is 0 Å². The maximum absolute atomic E-state index is 10.4. The quantitative estimate of drug-likeness (QED) is 0.703. The highest BCUT2D eigenvalue weighted by Crippen LogP contribution is 2.11. The second-order valence-corrected chi connectivity index (χ2v) is 3.55. The lowest BCUT2D eigenvalue weighted by atomic mass is 10.1. The van der Waals surface area contributed by atoms with Crippen molar-refractivity contribution in [2.45, 2.75) is 12.5 Å². The van der Waals surface area contributed by atoms with Crippen LogP contribution in [0.5, 0.6) is 0 Å². The van der Waals surface area contributed by atoms with E-state index >= 15 is 0 Å². The van der Waals surface area contributed by atoms with Crippen LogP contribution in [-0.2, 0) is 11.2 Å². The van der Waals surface area contributed by atoms with E-state index in [1.54, 1.807) is 25.3 Å². The van der Waals surface area contributed by atoms with E-state index in [2.05, 4.69) is 5.32 Å². The summed E-state index contributed by atoms with van der Waals surface area (Å²) in [5, 5.41) is 10.9. The Morgan fingerprint density at radius 3 is 3.00 bits per heavy atom. The van der Waals surface area contributed by atoms with Gasteiger partial charge in [0.1, 0.15) is 0 Å². The first-order chi connectivity index (χ1) is 7.61. The lowest BCUT2D eigenvalue weighted by molar-refractivity contribution is 0.180. The van der Waals surface area contributed by atoms with Gasteiger partial charge in [-0.15, -0.1) is 0 Å². The van der Waals surface area contributed by atoms with Crippen LogP contribution in [0.2, 0.25) is 0 Å². The summed E-state index contributed by atoms with van der Waals surface area (Å²) in [7, 11) is 1.60. The minimum atomic E-state index is -1.07. The Balaban J connectivity index is 2.63. The summed E-state index contributed by atoms with van der Waals surface area (Å²) in [6.45, 7) is 0.483. The van der Waals surface area contributed by atoms with Crippen LogP contribution in [-0.4, -0.2) is 31.0 Å². The molecular formula is C11H16N2O3. The average molecular weight is 224 g/mol. The molecule has 4 N–H and O–H groups in total. The lowest BCUT2D eigenvalue weighted by Gasteiger charge is -2.11. The Morgan fingerprint density at radius 2 is 2.38 bits per heavy atom. The van der Waals surface area contributed by atoms with E-state index in [1.165, 1.54) is 0 Å². The molecule has 5 heteroatoms. The number of benzene rings is 1. The van der Waals surface area contributed by atoms with Crippen molar-refractivity contribution in [1.82, 2.24) is 0 Å². The predicted octanol–water partition coefficient (Wildman–Crippen LogP) is 1.29. The van der Waals surface area contributed by atoms with E-state index in [-0.39, 0.29) is 6.04 Å². The zero-order valence-electron chi connectivity index (χ0n) is 9.14. The number of hydrogen-bond acceptors (Lipinski definition) is 3. The number of methoxy groups -OCH3 is 1. The van der Waals surface area contributed by atoms with Crippen LogP contribution in [0.25, 0.3) is 0 Å². The Kier molecular flexibility index (Phi) is 4.75. The van der Waals surface area contributed by atoms with Gasteiger partial charge >= 0.3 is 6.09 Å². The largest absolute Gasteiger partial charge is 0.465 e. The van der Waals surface area contributed by atoms with Crippen LogP contribution in [0.15, 0.2) is 24.3 Å². The molecule has 1 aromatic rings. The summed E-state index contributed by atoms with van der Waals surface area (Å²) >= 11 is 0. The first-order valence-corrected chi connectivity index (χ1v) is 4.95. The molecule has 0 spiro atoms. The zero-order chi connectivity index (χ0) is 12.0. The van der Waals surface area contributed by atoms with Gasteiger partial charge in [0, 0.05) is 18.8 Å². The summed E-state index contributed by atoms with van der Waals surface area (Å²) < 4.78 is 4.94. The van der Waals surface area contributed by atoms with Gasteiger partial charge in [0.2, 0.25) is 0 Å². The van der Waals surface area contributed by atoms with E-state index in [4.69, 9.17) is 15.6 Å². The Labute approximate surface area is 94.2 Å². The third-order valence-electron chi connectivity index (χ3n) is 2.06. The zero-order valence-corrected chi connectivity index (χ0v) is 9.14. The summed E-state index contributed by atoms with van der Waals surface area (Å²) in [4.78, 5) is 10.4. The fourth-order valence-electron chi connectivity index (χ4n) is 1.48. The number of carbonyl (C=O) groups is 1. The van der Waals surface area contributed by atoms with E-state index in [9.17, 15) is 4.79 Å². The molecule has 0 aromatic heterocycles. The third-order valence-corrected chi connectivity index (χ3v) is 2.06. The normalized spacial score (nSPS) is 12.1. The molecule has 0 fully saturated rings. The maximum Gasteiger partial charge on any atom is 0.409 e. The number of hydrogen-bond donors (Lipinski definition) is 3. The summed E-state index contributed by atoms with van der Waals surface area (Å²) in [5.74, 6) is 0. The molecule has 0 aliphatic carbocycles. The van der Waals surface area contributed by atoms with Crippen LogP contribution >= 0.6 is 0 Å². The molecule has 0 aliphatic rings. The molecule has 1 amide bonds. The molecule has 0 aliphatic heterocycles. The molecule has 0 bridgehead atoms. The Hall–Kier alpha value is -1.59. The van der Waals surface area contributed by atoms with Crippen molar-refractivity contribution in [2.75, 3.05) is 19.0 Å². The molecular weight excluding hydrogens is 208 g/mol. The first-order valence-electron chi connectivity index (χ1n) is 4.95. The molecule has 0 heterocycles. The van der Waals surface area contributed by atoms with Crippen LogP contribution in [0, 0.1) is 0 Å². The Morgan fingerprint density at radius 1 is 1.62 bits per heavy atom. The maximum atomic E-state index is 10.4. The topological polar surface area (TPSA) is 84.6 Å². The van der Waals surface area contributed by atoms with E-state index in [0.717, 1.165) is 5.56 Å². The molecule has 1 rings (SSSR count). The lowest BCUT2D eigenvalue weighted by Crippen LogP contribution is -2.28. The number of nitrogens with two attached hydrogens (primary N) is 1. The average Bonchev–Trinajstić information content (AvgIpc) is 2.17. The van der Waals surface area contributed by atoms with Crippen LogP contribution < -0.4 is 11.1 Å². The molecule has 0 saturated carbocycles. The van der Waals surface area contributed by atoms with Gasteiger partial charge < -0.3 is 15.6 Å². The second kappa shape index (κ2) is 6.09. The smallest absolute Gasteiger partial charge is 0.409 e. The van der Waals surface area contributed by atoms with Crippen LogP contribution in [0.1, 0.15) is 5.56 Å². The molecule has 16 heavy (non-hydrogen) atoms. The number of anilines is 1. The van der Waals surface area contributed by atoms with Crippen LogP contribution in [0.3, 0.4) is 0 Å². The van der Waals surface area contributed by atoms with Gasteiger partial charge in [0.25, 0.3) is 0 Å². The van der Waals surface area contributed by atoms with Crippen molar-refractivity contribution in [3.8, 4) is 0 Å². The molecule has 0 saturated heterocycles. The highest BCUT2D eigenvalue weighted by molar-refractivity contribution is 5.82. The van der Waals surface area contributed by atoms with Gasteiger partial charge in [-0.3, -0.25) is 5.32 Å². The summed E-state index contributed by atoms with van der Waals surface area (Å²) in [6.07, 6.45) is -0.415. The van der Waals surface area contributed by atoms with E-state index < -0.39 is 6.09 Å². The first kappa shape index (κ1) is 12.5. The van der Waals surface area contributed by atoms with Crippen molar-refractivity contribution < 1.29 is 14.6 Å². The van der Waals surface area contributed by atoms with Crippen molar-refractivity contribution in [2.24, 2.45) is 5.73 Å². The highest BCUT2D eigenvalue weighted by atomic mass is 16.5. The fourth-order valence-corrected chi connectivity index (χ4v) is 1.48. The van der Waals surface area contributed by atoms with Gasteiger partial charge in [-0.05, 0) is 24.1 Å². The van der Waals surface area contributed by atoms with Crippen molar-refractivity contribution in [3.63, 3.8) is 0 Å². The molecule has 1 aromatic carbocycles. The second-order valence-electron chi connectivity index (χ2n) is 3.55. The molecule has 1 atom stereocenters. The van der Waals surface area contributed by atoms with Crippen molar-refractivity contribution >= 4 is 11.8 Å². The number of carboxylic acid groups (broad SMARTS) is 1. The third kappa shape index (κ3) is 4.29. The van der Waals surface area contributed by atoms with Crippen LogP contribution in [0.4, 0.5) is 10.5 Å². The fraction of sp³-hybridized carbons (Fsp3) is 0.364. The number of ether oxygens (including phenoxy) is 1. The minimum absolute atomic E-state index is 0.0786. The SMILES string of the molecule is COCC(N)Cc1cccc(NC(=O)O)c1. The monoisotopic (exact) mass is 224 g/mol. The molecule has 0 radical (unpaired) electrons. The number of rotatable bonds is 5. The van der Waals surface area contributed by atoms with Gasteiger partial charge in [0.15, 0.2) is 0 Å².